The van der Waals surface area contributed by atoms with Crippen LogP contribution in [0.1, 0.15) is 48.1 Å². The van der Waals surface area contributed by atoms with E-state index >= 15 is 0 Å². The highest BCUT2D eigenvalue weighted by molar-refractivity contribution is 7.89. The molecule has 1 fully saturated rings. The van der Waals surface area contributed by atoms with E-state index in [2.05, 4.69) is 9.88 Å². The SMILES string of the molecule is Cc1ccc2c(c1)CN(S(=O)(=O)c1ccc(C(F)(F)F)cc1)C[C@@H](COC1CCCC1)N2Cc1cn(C)cn1. The monoisotopic (exact) mass is 562 g/mol. The summed E-state index contributed by atoms with van der Waals surface area (Å²) in [6.07, 6.45) is 3.46. The number of aromatic nitrogens is 2. The fourth-order valence-corrected chi connectivity index (χ4v) is 6.89. The van der Waals surface area contributed by atoms with E-state index in [1.54, 1.807) is 6.33 Å². The largest absolute Gasteiger partial charge is 0.416 e. The van der Waals surface area contributed by atoms with Crippen molar-refractivity contribution in [2.24, 2.45) is 7.05 Å². The Morgan fingerprint density at radius 2 is 1.79 bits per heavy atom. The van der Waals surface area contributed by atoms with Crippen molar-refractivity contribution >= 4 is 15.7 Å². The van der Waals surface area contributed by atoms with Gasteiger partial charge >= 0.3 is 6.18 Å². The molecule has 3 aromatic rings. The molecule has 2 aliphatic rings. The summed E-state index contributed by atoms with van der Waals surface area (Å²) < 4.78 is 76.6. The highest BCUT2D eigenvalue weighted by Gasteiger charge is 2.36. The number of fused-ring (bicyclic) bond motifs is 1. The van der Waals surface area contributed by atoms with Crippen molar-refractivity contribution in [3.63, 3.8) is 0 Å². The normalized spacial score (nSPS) is 19.3. The van der Waals surface area contributed by atoms with Gasteiger partial charge < -0.3 is 14.2 Å². The topological polar surface area (TPSA) is 67.7 Å². The summed E-state index contributed by atoms with van der Waals surface area (Å²) in [6.45, 7) is 2.95. The van der Waals surface area contributed by atoms with Gasteiger partial charge in [0.05, 0.1) is 47.8 Å². The number of benzene rings is 2. The Labute approximate surface area is 227 Å². The zero-order valence-electron chi connectivity index (χ0n) is 22.1. The quantitative estimate of drug-likeness (QED) is 0.392. The third kappa shape index (κ3) is 6.15. The molecule has 1 aromatic heterocycles. The van der Waals surface area contributed by atoms with Gasteiger partial charge in [0.1, 0.15) is 0 Å². The van der Waals surface area contributed by atoms with Gasteiger partial charge in [0.25, 0.3) is 0 Å². The average Bonchev–Trinajstić information content (AvgIpc) is 3.53. The molecule has 1 atom stereocenters. The van der Waals surface area contributed by atoms with E-state index in [0.29, 0.717) is 13.2 Å². The summed E-state index contributed by atoms with van der Waals surface area (Å²) >= 11 is 0. The molecular formula is C28H33F3N4O3S. The Bertz CT molecular complexity index is 1400. The molecule has 1 aliphatic heterocycles. The van der Waals surface area contributed by atoms with Gasteiger partial charge in [0, 0.05) is 32.0 Å². The van der Waals surface area contributed by atoms with Crippen molar-refractivity contribution in [3.05, 3.63) is 77.4 Å². The fourth-order valence-electron chi connectivity index (χ4n) is 5.44. The standard InChI is InChI=1S/C28H33F3N4O3S/c1-20-7-12-27-21(13-20)14-34(39(36,37)26-10-8-22(9-11-26)28(29,30)31)17-24(18-38-25-5-3-4-6-25)35(27)16-23-15-33(2)19-32-23/h7-13,15,19,24-25H,3-6,14,16-18H2,1-2H3/t24-/m0/s1. The van der Waals surface area contributed by atoms with Gasteiger partial charge in [-0.1, -0.05) is 30.5 Å². The maximum Gasteiger partial charge on any atom is 0.416 e. The molecule has 0 bridgehead atoms. The number of anilines is 1. The highest BCUT2D eigenvalue weighted by Crippen LogP contribution is 2.35. The first-order valence-corrected chi connectivity index (χ1v) is 14.6. The van der Waals surface area contributed by atoms with Gasteiger partial charge in [-0.15, -0.1) is 0 Å². The van der Waals surface area contributed by atoms with E-state index in [1.807, 2.05) is 42.9 Å². The number of halogens is 3. The first kappa shape index (κ1) is 27.7. The Morgan fingerprint density at radius 3 is 2.44 bits per heavy atom. The first-order chi connectivity index (χ1) is 18.5. The molecule has 0 radical (unpaired) electrons. The van der Waals surface area contributed by atoms with E-state index in [9.17, 15) is 21.6 Å². The fraction of sp³-hybridized carbons (Fsp3) is 0.464. The number of hydrogen-bond donors (Lipinski definition) is 0. The van der Waals surface area contributed by atoms with Crippen molar-refractivity contribution in [3.8, 4) is 0 Å². The predicted molar refractivity (Wildman–Crippen MR) is 142 cm³/mol. The van der Waals surface area contributed by atoms with Crippen molar-refractivity contribution in [2.45, 2.75) is 68.9 Å². The van der Waals surface area contributed by atoms with Crippen molar-refractivity contribution in [1.29, 1.82) is 0 Å². The second kappa shape index (κ2) is 10.9. The van der Waals surface area contributed by atoms with E-state index in [1.165, 1.54) is 4.31 Å². The number of sulfonamides is 1. The van der Waals surface area contributed by atoms with Crippen LogP contribution in [0.2, 0.25) is 0 Å². The summed E-state index contributed by atoms with van der Waals surface area (Å²) in [5, 5.41) is 0. The number of nitrogens with zero attached hydrogens (tertiary/aromatic N) is 4. The average molecular weight is 563 g/mol. The Balaban J connectivity index is 1.52. The minimum Gasteiger partial charge on any atom is -0.376 e. The van der Waals surface area contributed by atoms with Crippen LogP contribution in [0.3, 0.4) is 0 Å². The molecule has 0 N–H and O–H groups in total. The first-order valence-electron chi connectivity index (χ1n) is 13.1. The summed E-state index contributed by atoms with van der Waals surface area (Å²) in [6, 6.07) is 9.35. The van der Waals surface area contributed by atoms with Crippen LogP contribution in [0, 0.1) is 6.92 Å². The van der Waals surface area contributed by atoms with Gasteiger partial charge in [0.2, 0.25) is 10.0 Å². The molecule has 39 heavy (non-hydrogen) atoms. The van der Waals surface area contributed by atoms with Gasteiger partial charge in [-0.25, -0.2) is 13.4 Å². The highest BCUT2D eigenvalue weighted by atomic mass is 32.2. The van der Waals surface area contributed by atoms with Crippen molar-refractivity contribution in [2.75, 3.05) is 18.1 Å². The smallest absolute Gasteiger partial charge is 0.376 e. The van der Waals surface area contributed by atoms with Gasteiger partial charge in [-0.05, 0) is 55.7 Å². The number of ether oxygens (including phenoxy) is 1. The summed E-state index contributed by atoms with van der Waals surface area (Å²) in [5.41, 5.74) is 2.66. The number of imidazole rings is 1. The molecule has 0 unspecified atom stereocenters. The third-order valence-electron chi connectivity index (χ3n) is 7.48. The Kier molecular flexibility index (Phi) is 7.76. The van der Waals surface area contributed by atoms with Crippen LogP contribution >= 0.6 is 0 Å². The molecular weight excluding hydrogens is 529 g/mol. The minimum atomic E-state index is -4.55. The molecule has 210 valence electrons. The molecule has 11 heteroatoms. The van der Waals surface area contributed by atoms with Crippen molar-refractivity contribution < 1.29 is 26.3 Å². The number of aryl methyl sites for hydroxylation is 2. The lowest BCUT2D eigenvalue weighted by Crippen LogP contribution is -2.46. The number of hydrogen-bond acceptors (Lipinski definition) is 5. The van der Waals surface area contributed by atoms with E-state index in [4.69, 9.17) is 4.74 Å². The minimum absolute atomic E-state index is 0.0962. The van der Waals surface area contributed by atoms with Gasteiger partial charge in [-0.2, -0.15) is 17.5 Å². The van der Waals surface area contributed by atoms with E-state index in [-0.39, 0.29) is 30.1 Å². The number of alkyl halides is 3. The van der Waals surface area contributed by atoms with E-state index in [0.717, 1.165) is 72.5 Å². The molecule has 7 nitrogen and oxygen atoms in total. The third-order valence-corrected chi connectivity index (χ3v) is 9.31. The molecule has 2 heterocycles. The summed E-state index contributed by atoms with van der Waals surface area (Å²) in [4.78, 5) is 6.50. The maximum absolute atomic E-state index is 13.8. The summed E-state index contributed by atoms with van der Waals surface area (Å²) in [5.74, 6) is 0. The molecule has 1 saturated carbocycles. The Hall–Kier alpha value is -2.89. The van der Waals surface area contributed by atoms with Crippen LogP contribution in [0.25, 0.3) is 0 Å². The number of rotatable bonds is 7. The molecule has 0 saturated heterocycles. The second-order valence-electron chi connectivity index (χ2n) is 10.5. The van der Waals surface area contributed by atoms with Crippen LogP contribution in [-0.2, 0) is 41.1 Å². The van der Waals surface area contributed by atoms with Crippen LogP contribution in [-0.4, -0.2) is 47.6 Å². The molecule has 0 amide bonds. The molecule has 1 aliphatic carbocycles. The van der Waals surface area contributed by atoms with E-state index < -0.39 is 21.8 Å². The Morgan fingerprint density at radius 1 is 1.08 bits per heavy atom. The van der Waals surface area contributed by atoms with Crippen LogP contribution in [0.4, 0.5) is 18.9 Å². The lowest BCUT2D eigenvalue weighted by Gasteiger charge is -2.34. The molecule has 0 spiro atoms. The predicted octanol–water partition coefficient (Wildman–Crippen LogP) is 5.29. The van der Waals surface area contributed by atoms with Crippen LogP contribution in [0.15, 0.2) is 59.9 Å². The zero-order valence-corrected chi connectivity index (χ0v) is 22.9. The molecule has 2 aromatic carbocycles. The lowest BCUT2D eigenvalue weighted by molar-refractivity contribution is -0.137. The zero-order chi connectivity index (χ0) is 27.8. The lowest BCUT2D eigenvalue weighted by atomic mass is 10.1. The van der Waals surface area contributed by atoms with Crippen LogP contribution < -0.4 is 4.90 Å². The van der Waals surface area contributed by atoms with Gasteiger partial charge in [-0.3, -0.25) is 0 Å². The maximum atomic E-state index is 13.8. The molecule has 5 rings (SSSR count). The van der Waals surface area contributed by atoms with Crippen molar-refractivity contribution in [1.82, 2.24) is 13.9 Å². The summed E-state index contributed by atoms with van der Waals surface area (Å²) in [7, 11) is -2.20. The second-order valence-corrected chi connectivity index (χ2v) is 12.4. The van der Waals surface area contributed by atoms with Crippen LogP contribution in [0.5, 0.6) is 0 Å². The van der Waals surface area contributed by atoms with Gasteiger partial charge in [0.15, 0.2) is 0 Å².